The van der Waals surface area contributed by atoms with Crippen molar-refractivity contribution in [3.05, 3.63) is 11.9 Å². The van der Waals surface area contributed by atoms with Crippen LogP contribution in [-0.2, 0) is 0 Å². The minimum atomic E-state index is -4.92. The number of halogens is 3. The van der Waals surface area contributed by atoms with E-state index in [1.165, 1.54) is 11.6 Å². The fourth-order valence-electron chi connectivity index (χ4n) is 1.08. The molecule has 0 radical (unpaired) electrons. The van der Waals surface area contributed by atoms with Crippen molar-refractivity contribution in [2.75, 3.05) is 0 Å². The average molecular weight is 191 g/mol. The van der Waals surface area contributed by atoms with Gasteiger partial charge in [-0.15, -0.1) is 0 Å². The molecule has 2 nitrogen and oxygen atoms in total. The summed E-state index contributed by atoms with van der Waals surface area (Å²) < 4.78 is 38.3. The summed E-state index contributed by atoms with van der Waals surface area (Å²) >= 11 is 0. The molecule has 74 valence electrons. The Hall–Kier alpha value is -0.935. The van der Waals surface area contributed by atoms with Gasteiger partial charge in [-0.2, -0.15) is 5.10 Å². The lowest BCUT2D eigenvalue weighted by Crippen LogP contribution is -2.34. The summed E-state index contributed by atoms with van der Waals surface area (Å²) in [4.78, 5) is 0. The van der Waals surface area contributed by atoms with Gasteiger partial charge in [-0.05, 0) is 27.0 Å². The molecule has 0 amide bonds. The minimum absolute atomic E-state index is 0.0365. The van der Waals surface area contributed by atoms with E-state index < -0.39 is 12.4 Å². The van der Waals surface area contributed by atoms with Crippen LogP contribution < -0.4 is 5.46 Å². The van der Waals surface area contributed by atoms with Crippen molar-refractivity contribution < 1.29 is 12.9 Å². The molecule has 0 saturated carbocycles. The van der Waals surface area contributed by atoms with Gasteiger partial charge in [-0.3, -0.25) is 4.68 Å². The lowest BCUT2D eigenvalue weighted by atomic mass is 9.81. The Kier molecular flexibility index (Phi) is 2.41. The van der Waals surface area contributed by atoms with Crippen LogP contribution in [0.5, 0.6) is 0 Å². The lowest BCUT2D eigenvalue weighted by Gasteiger charge is -2.12. The lowest BCUT2D eigenvalue weighted by molar-refractivity contribution is 0.500. The maximum atomic E-state index is 12.3. The number of hydrogen-bond donors (Lipinski definition) is 0. The molecular formula is C7H11BF3N2-. The third-order valence-electron chi connectivity index (χ3n) is 1.84. The zero-order valence-corrected chi connectivity index (χ0v) is 7.76. The van der Waals surface area contributed by atoms with E-state index in [0.717, 1.165) is 6.20 Å². The van der Waals surface area contributed by atoms with E-state index in [2.05, 4.69) is 5.10 Å². The van der Waals surface area contributed by atoms with Gasteiger partial charge in [0.2, 0.25) is 0 Å². The van der Waals surface area contributed by atoms with Crippen LogP contribution in [0.25, 0.3) is 0 Å². The van der Waals surface area contributed by atoms with E-state index in [1.807, 2.05) is 0 Å². The molecule has 0 aliphatic carbocycles. The normalized spacial score (nSPS) is 12.5. The van der Waals surface area contributed by atoms with Crippen molar-refractivity contribution in [3.8, 4) is 0 Å². The molecule has 0 N–H and O–H groups in total. The summed E-state index contributed by atoms with van der Waals surface area (Å²) in [5.41, 5.74) is -0.532. The molecule has 0 aliphatic rings. The smallest absolute Gasteiger partial charge is 0.445 e. The first kappa shape index (κ1) is 10.1. The molecule has 1 aromatic heterocycles. The fourth-order valence-corrected chi connectivity index (χ4v) is 1.08. The standard InChI is InChI=1S/C7H11BF3N2/c1-5(2)13-4-7(6(3)12-13)8(9,10)11/h4-5H,1-3H3/q-1. The molecule has 0 unspecified atom stereocenters. The van der Waals surface area contributed by atoms with Crippen molar-refractivity contribution in [1.29, 1.82) is 0 Å². The maximum absolute atomic E-state index is 12.3. The maximum Gasteiger partial charge on any atom is 0.512 e. The second kappa shape index (κ2) is 3.08. The van der Waals surface area contributed by atoms with Crippen LogP contribution in [0.2, 0.25) is 0 Å². The Bertz CT molecular complexity index is 303. The molecule has 0 saturated heterocycles. The van der Waals surface area contributed by atoms with Crippen LogP contribution in [-0.4, -0.2) is 16.8 Å². The van der Waals surface area contributed by atoms with Gasteiger partial charge >= 0.3 is 6.98 Å². The third-order valence-corrected chi connectivity index (χ3v) is 1.84. The van der Waals surface area contributed by atoms with Crippen molar-refractivity contribution >= 4 is 12.4 Å². The van der Waals surface area contributed by atoms with E-state index >= 15 is 0 Å². The number of aromatic nitrogens is 2. The quantitative estimate of drug-likeness (QED) is 0.652. The van der Waals surface area contributed by atoms with Gasteiger partial charge in [0.15, 0.2) is 0 Å². The highest BCUT2D eigenvalue weighted by molar-refractivity contribution is 6.73. The van der Waals surface area contributed by atoms with Gasteiger partial charge in [0.05, 0.1) is 0 Å². The zero-order valence-electron chi connectivity index (χ0n) is 7.76. The Morgan fingerprint density at radius 1 is 1.38 bits per heavy atom. The highest BCUT2D eigenvalue weighted by Gasteiger charge is 2.29. The van der Waals surface area contributed by atoms with Gasteiger partial charge in [0.25, 0.3) is 0 Å². The van der Waals surface area contributed by atoms with Crippen molar-refractivity contribution in [3.63, 3.8) is 0 Å². The van der Waals surface area contributed by atoms with Crippen molar-refractivity contribution in [2.45, 2.75) is 26.8 Å². The molecule has 1 heterocycles. The summed E-state index contributed by atoms with van der Waals surface area (Å²) in [5.74, 6) is 0. The predicted molar refractivity (Wildman–Crippen MR) is 46.1 cm³/mol. The summed E-state index contributed by atoms with van der Waals surface area (Å²) in [6.07, 6.45) is 1.07. The van der Waals surface area contributed by atoms with Gasteiger partial charge in [0, 0.05) is 11.7 Å². The monoisotopic (exact) mass is 191 g/mol. The number of hydrogen-bond acceptors (Lipinski definition) is 1. The van der Waals surface area contributed by atoms with E-state index in [-0.39, 0.29) is 11.7 Å². The largest absolute Gasteiger partial charge is 0.512 e. The SMILES string of the molecule is Cc1nn(C(C)C)cc1[B-](F)(F)F. The first-order valence-corrected chi connectivity index (χ1v) is 4.08. The third kappa shape index (κ3) is 2.05. The topological polar surface area (TPSA) is 17.8 Å². The molecule has 1 aromatic rings. The van der Waals surface area contributed by atoms with E-state index in [1.54, 1.807) is 13.8 Å². The van der Waals surface area contributed by atoms with Crippen LogP contribution in [0.15, 0.2) is 6.20 Å². The first-order chi connectivity index (χ1) is 5.82. The van der Waals surface area contributed by atoms with Gasteiger partial charge < -0.3 is 12.9 Å². The molecule has 0 bridgehead atoms. The second-order valence-electron chi connectivity index (χ2n) is 3.32. The molecule has 1 rings (SSSR count). The van der Waals surface area contributed by atoms with Crippen LogP contribution in [0, 0.1) is 6.92 Å². The summed E-state index contributed by atoms with van der Waals surface area (Å²) in [7, 11) is 0. The minimum Gasteiger partial charge on any atom is -0.445 e. The summed E-state index contributed by atoms with van der Waals surface area (Å²) in [6.45, 7) is 0.0402. The van der Waals surface area contributed by atoms with E-state index in [0.29, 0.717) is 0 Å². The Morgan fingerprint density at radius 3 is 2.15 bits per heavy atom. The fraction of sp³-hybridized carbons (Fsp3) is 0.571. The van der Waals surface area contributed by atoms with Crippen LogP contribution in [0.4, 0.5) is 12.9 Å². The molecule has 0 spiro atoms. The predicted octanol–water partition coefficient (Wildman–Crippen LogP) is 1.83. The summed E-state index contributed by atoms with van der Waals surface area (Å²) in [6, 6.07) is -0.0365. The molecule has 0 aliphatic heterocycles. The van der Waals surface area contributed by atoms with Crippen molar-refractivity contribution in [2.24, 2.45) is 0 Å². The van der Waals surface area contributed by atoms with E-state index in [4.69, 9.17) is 0 Å². The molecule has 0 atom stereocenters. The van der Waals surface area contributed by atoms with E-state index in [9.17, 15) is 12.9 Å². The van der Waals surface area contributed by atoms with Gasteiger partial charge in [0.1, 0.15) is 0 Å². The number of rotatable bonds is 2. The van der Waals surface area contributed by atoms with Crippen LogP contribution in [0.3, 0.4) is 0 Å². The first-order valence-electron chi connectivity index (χ1n) is 4.08. The van der Waals surface area contributed by atoms with Crippen molar-refractivity contribution in [1.82, 2.24) is 9.78 Å². The zero-order chi connectivity index (χ0) is 10.2. The summed E-state index contributed by atoms with van der Waals surface area (Å²) in [5, 5.41) is 3.79. The average Bonchev–Trinajstić information content (AvgIpc) is 2.29. The van der Waals surface area contributed by atoms with Crippen LogP contribution >= 0.6 is 0 Å². The number of aryl methyl sites for hydroxylation is 1. The molecule has 13 heavy (non-hydrogen) atoms. The van der Waals surface area contributed by atoms with Gasteiger partial charge in [-0.25, -0.2) is 0 Å². The number of nitrogens with zero attached hydrogens (tertiary/aromatic N) is 2. The Morgan fingerprint density at radius 2 is 1.92 bits per heavy atom. The Labute approximate surface area is 74.8 Å². The molecule has 0 aromatic carbocycles. The Balaban J connectivity index is 3.11. The van der Waals surface area contributed by atoms with Crippen LogP contribution in [0.1, 0.15) is 25.6 Å². The highest BCUT2D eigenvalue weighted by atomic mass is 19.4. The highest BCUT2D eigenvalue weighted by Crippen LogP contribution is 2.12. The second-order valence-corrected chi connectivity index (χ2v) is 3.32. The molecule has 0 fully saturated rings. The molecule has 6 heteroatoms. The molecular weight excluding hydrogens is 180 g/mol. The van der Waals surface area contributed by atoms with Gasteiger partial charge in [-0.1, -0.05) is 5.46 Å².